The molecule has 3 heteroatoms. The molecule has 0 amide bonds. The number of hydrogen-bond acceptors (Lipinski definition) is 1. The van der Waals surface area contributed by atoms with Crippen molar-refractivity contribution in [2.45, 2.75) is 18.3 Å². The number of carbonyl (C=O) groups is 1. The van der Waals surface area contributed by atoms with Crippen LogP contribution in [0.4, 0.5) is 8.78 Å². The largest absolute Gasteiger partial charge is 0.298 e. The molecule has 1 aliphatic carbocycles. The Morgan fingerprint density at radius 1 is 1.46 bits per heavy atom. The summed E-state index contributed by atoms with van der Waals surface area (Å²) in [6.45, 7) is 0. The van der Waals surface area contributed by atoms with E-state index in [0.29, 0.717) is 17.4 Å². The van der Waals surface area contributed by atoms with Crippen LogP contribution in [0.3, 0.4) is 0 Å². The monoisotopic (exact) mass is 182 g/mol. The summed E-state index contributed by atoms with van der Waals surface area (Å²) in [4.78, 5) is 10.4. The fraction of sp³-hybridized carbons (Fsp3) is 0.300. The number of hydrogen-bond donors (Lipinski definition) is 0. The van der Waals surface area contributed by atoms with Gasteiger partial charge >= 0.3 is 0 Å². The van der Waals surface area contributed by atoms with Gasteiger partial charge in [0.15, 0.2) is 0 Å². The van der Waals surface area contributed by atoms with E-state index in [-0.39, 0.29) is 6.42 Å². The minimum absolute atomic E-state index is 0.0880. The molecule has 1 aliphatic rings. The zero-order chi connectivity index (χ0) is 9.47. The molecule has 1 atom stereocenters. The Hall–Kier alpha value is -1.25. The highest BCUT2D eigenvalue weighted by Gasteiger charge is 2.57. The molecule has 1 fully saturated rings. The van der Waals surface area contributed by atoms with Gasteiger partial charge in [-0.3, -0.25) is 4.79 Å². The smallest absolute Gasteiger partial charge is 0.255 e. The molecular formula is C10H8F2O. The molecule has 13 heavy (non-hydrogen) atoms. The molecule has 0 heterocycles. The first-order chi connectivity index (χ1) is 6.13. The van der Waals surface area contributed by atoms with Crippen molar-refractivity contribution in [3.8, 4) is 0 Å². The Balaban J connectivity index is 2.27. The van der Waals surface area contributed by atoms with Crippen LogP contribution in [0, 0.1) is 0 Å². The molecule has 1 unspecified atom stereocenters. The SMILES string of the molecule is O=Cc1cccc(C2CC2(F)F)c1. The van der Waals surface area contributed by atoms with E-state index in [0.717, 1.165) is 0 Å². The van der Waals surface area contributed by atoms with E-state index in [2.05, 4.69) is 0 Å². The van der Waals surface area contributed by atoms with E-state index in [9.17, 15) is 13.6 Å². The van der Waals surface area contributed by atoms with Crippen LogP contribution in [0.2, 0.25) is 0 Å². The van der Waals surface area contributed by atoms with Gasteiger partial charge in [-0.2, -0.15) is 0 Å². The number of aldehydes is 1. The van der Waals surface area contributed by atoms with Crippen LogP contribution in [0.25, 0.3) is 0 Å². The van der Waals surface area contributed by atoms with Crippen molar-refractivity contribution in [2.75, 3.05) is 0 Å². The molecule has 0 saturated heterocycles. The van der Waals surface area contributed by atoms with Crippen molar-refractivity contribution in [3.05, 3.63) is 35.4 Å². The molecule has 0 spiro atoms. The van der Waals surface area contributed by atoms with Gasteiger partial charge in [-0.05, 0) is 11.6 Å². The third-order valence-electron chi connectivity index (χ3n) is 2.28. The summed E-state index contributed by atoms with van der Waals surface area (Å²) >= 11 is 0. The van der Waals surface area contributed by atoms with Gasteiger partial charge in [0.2, 0.25) is 0 Å². The number of alkyl halides is 2. The fourth-order valence-corrected chi connectivity index (χ4v) is 1.42. The van der Waals surface area contributed by atoms with E-state index in [1.165, 1.54) is 6.07 Å². The lowest BCUT2D eigenvalue weighted by atomic mass is 10.1. The highest BCUT2D eigenvalue weighted by atomic mass is 19.3. The average molecular weight is 182 g/mol. The molecule has 1 aromatic carbocycles. The number of benzene rings is 1. The van der Waals surface area contributed by atoms with Gasteiger partial charge in [0.1, 0.15) is 6.29 Å². The van der Waals surface area contributed by atoms with Crippen molar-refractivity contribution in [3.63, 3.8) is 0 Å². The molecule has 1 saturated carbocycles. The predicted octanol–water partition coefficient (Wildman–Crippen LogP) is 2.62. The molecular weight excluding hydrogens is 174 g/mol. The van der Waals surface area contributed by atoms with Gasteiger partial charge in [-0.1, -0.05) is 18.2 Å². The van der Waals surface area contributed by atoms with Crippen LogP contribution in [-0.2, 0) is 0 Å². The maximum Gasteiger partial charge on any atom is 0.255 e. The summed E-state index contributed by atoms with van der Waals surface area (Å²) in [5.41, 5.74) is 1.02. The number of carbonyl (C=O) groups excluding carboxylic acids is 1. The van der Waals surface area contributed by atoms with Gasteiger partial charge in [-0.25, -0.2) is 8.78 Å². The van der Waals surface area contributed by atoms with E-state index >= 15 is 0 Å². The molecule has 0 radical (unpaired) electrons. The van der Waals surface area contributed by atoms with Gasteiger partial charge in [0.05, 0.1) is 5.92 Å². The lowest BCUT2D eigenvalue weighted by Crippen LogP contribution is -1.93. The van der Waals surface area contributed by atoms with Crippen molar-refractivity contribution in [1.29, 1.82) is 0 Å². The minimum Gasteiger partial charge on any atom is -0.298 e. The summed E-state index contributed by atoms with van der Waals surface area (Å²) < 4.78 is 25.3. The minimum atomic E-state index is -2.55. The number of rotatable bonds is 2. The highest BCUT2D eigenvalue weighted by molar-refractivity contribution is 5.75. The lowest BCUT2D eigenvalue weighted by Gasteiger charge is -1.99. The van der Waals surface area contributed by atoms with Crippen molar-refractivity contribution in [1.82, 2.24) is 0 Å². The molecule has 1 nitrogen and oxygen atoms in total. The molecule has 2 rings (SSSR count). The first-order valence-corrected chi connectivity index (χ1v) is 4.06. The lowest BCUT2D eigenvalue weighted by molar-refractivity contribution is 0.110. The normalized spacial score (nSPS) is 24.0. The van der Waals surface area contributed by atoms with Gasteiger partial charge in [0, 0.05) is 12.0 Å². The molecule has 1 aromatic rings. The molecule has 0 N–H and O–H groups in total. The Bertz CT molecular complexity index is 347. The fourth-order valence-electron chi connectivity index (χ4n) is 1.42. The second kappa shape index (κ2) is 2.62. The summed E-state index contributed by atoms with van der Waals surface area (Å²) in [5.74, 6) is -3.23. The highest BCUT2D eigenvalue weighted by Crippen LogP contribution is 2.55. The Morgan fingerprint density at radius 3 is 2.69 bits per heavy atom. The van der Waals surface area contributed by atoms with Gasteiger partial charge in [0.25, 0.3) is 5.92 Å². The number of halogens is 2. The quantitative estimate of drug-likeness (QED) is 0.642. The molecule has 0 bridgehead atoms. The molecule has 0 aromatic heterocycles. The standard InChI is InChI=1S/C10H8F2O/c11-10(12)5-9(10)8-3-1-2-7(4-8)6-13/h1-4,6,9H,5H2. The predicted molar refractivity (Wildman–Crippen MR) is 44.1 cm³/mol. The summed E-state index contributed by atoms with van der Waals surface area (Å²) in [6.07, 6.45) is 0.583. The van der Waals surface area contributed by atoms with Crippen LogP contribution < -0.4 is 0 Å². The maximum atomic E-state index is 12.6. The third kappa shape index (κ3) is 1.46. The van der Waals surface area contributed by atoms with Crippen molar-refractivity contribution < 1.29 is 13.6 Å². The van der Waals surface area contributed by atoms with Crippen LogP contribution in [-0.4, -0.2) is 12.2 Å². The summed E-state index contributed by atoms with van der Waals surface area (Å²) in [5, 5.41) is 0. The van der Waals surface area contributed by atoms with E-state index in [4.69, 9.17) is 0 Å². The first-order valence-electron chi connectivity index (χ1n) is 4.06. The zero-order valence-corrected chi connectivity index (χ0v) is 6.84. The molecule has 0 aliphatic heterocycles. The van der Waals surface area contributed by atoms with Crippen LogP contribution in [0.5, 0.6) is 0 Å². The van der Waals surface area contributed by atoms with Crippen molar-refractivity contribution in [2.24, 2.45) is 0 Å². The van der Waals surface area contributed by atoms with E-state index in [1.807, 2.05) is 0 Å². The summed E-state index contributed by atoms with van der Waals surface area (Å²) in [6, 6.07) is 6.40. The molecule has 68 valence electrons. The Labute approximate surface area is 74.4 Å². The third-order valence-corrected chi connectivity index (χ3v) is 2.28. The van der Waals surface area contributed by atoms with Crippen LogP contribution in [0.15, 0.2) is 24.3 Å². The van der Waals surface area contributed by atoms with Gasteiger partial charge < -0.3 is 0 Å². The average Bonchev–Trinajstić information content (AvgIpc) is 2.76. The van der Waals surface area contributed by atoms with E-state index < -0.39 is 11.8 Å². The first kappa shape index (κ1) is 8.35. The Morgan fingerprint density at radius 2 is 2.15 bits per heavy atom. The van der Waals surface area contributed by atoms with Crippen LogP contribution >= 0.6 is 0 Å². The topological polar surface area (TPSA) is 17.1 Å². The Kier molecular flexibility index (Phi) is 1.68. The van der Waals surface area contributed by atoms with E-state index in [1.54, 1.807) is 18.2 Å². The summed E-state index contributed by atoms with van der Waals surface area (Å²) in [7, 11) is 0. The second-order valence-electron chi connectivity index (χ2n) is 3.31. The van der Waals surface area contributed by atoms with Crippen molar-refractivity contribution >= 4 is 6.29 Å². The zero-order valence-electron chi connectivity index (χ0n) is 6.84. The van der Waals surface area contributed by atoms with Crippen LogP contribution in [0.1, 0.15) is 28.3 Å². The second-order valence-corrected chi connectivity index (χ2v) is 3.31. The maximum absolute atomic E-state index is 12.6. The van der Waals surface area contributed by atoms with Gasteiger partial charge in [-0.15, -0.1) is 0 Å².